The first-order valence-corrected chi connectivity index (χ1v) is 7.28. The number of hydrogen-bond acceptors (Lipinski definition) is 2. The third-order valence-corrected chi connectivity index (χ3v) is 2.57. The molecule has 0 aliphatic carbocycles. The van der Waals surface area contributed by atoms with Gasteiger partial charge in [0.25, 0.3) is 0 Å². The van der Waals surface area contributed by atoms with Crippen LogP contribution < -0.4 is 0 Å². The van der Waals surface area contributed by atoms with Gasteiger partial charge in [-0.25, -0.2) is 0 Å². The summed E-state index contributed by atoms with van der Waals surface area (Å²) in [5.74, 6) is 0.325. The highest BCUT2D eigenvalue weighted by atomic mass is 16.1. The first-order valence-electron chi connectivity index (χ1n) is 7.28. The minimum atomic E-state index is 0.325. The molecule has 0 spiro atoms. The molecule has 0 heterocycles. The standard InChI is InChI=1S/C8H16O.C8H14O/c1-3-4-5-6-7-8(2)9;1-2-3-4-5-6-7-8-9/h3-7H2,1-2H3;6-8H,2-5H2,1H3. The highest BCUT2D eigenvalue weighted by molar-refractivity contribution is 5.75. The van der Waals surface area contributed by atoms with Crippen LogP contribution in [0.3, 0.4) is 0 Å². The molecule has 0 atom stereocenters. The van der Waals surface area contributed by atoms with Gasteiger partial charge in [0.05, 0.1) is 0 Å². The van der Waals surface area contributed by atoms with Crippen LogP contribution in [0.5, 0.6) is 0 Å². The van der Waals surface area contributed by atoms with Crippen LogP contribution >= 0.6 is 0 Å². The van der Waals surface area contributed by atoms with Crippen LogP contribution in [0, 0.1) is 0 Å². The molecule has 0 rings (SSSR count). The Hall–Kier alpha value is -0.920. The van der Waals surface area contributed by atoms with Crippen LogP contribution in [0.2, 0.25) is 0 Å². The largest absolute Gasteiger partial charge is 0.300 e. The Bertz CT molecular complexity index is 207. The highest BCUT2D eigenvalue weighted by Crippen LogP contribution is 2.01. The molecule has 0 aliphatic heterocycles. The maximum atomic E-state index is 10.4. The molecule has 0 aromatic carbocycles. The van der Waals surface area contributed by atoms with Gasteiger partial charge in [-0.1, -0.05) is 52.0 Å². The van der Waals surface area contributed by atoms with Crippen molar-refractivity contribution in [1.82, 2.24) is 0 Å². The number of hydrogen-bond donors (Lipinski definition) is 0. The van der Waals surface area contributed by atoms with Crippen LogP contribution in [0.4, 0.5) is 0 Å². The van der Waals surface area contributed by atoms with Gasteiger partial charge in [0.2, 0.25) is 0 Å². The van der Waals surface area contributed by atoms with Crippen molar-refractivity contribution < 1.29 is 9.59 Å². The maximum absolute atomic E-state index is 10.4. The average Bonchev–Trinajstić information content (AvgIpc) is 2.35. The third kappa shape index (κ3) is 24.4. The van der Waals surface area contributed by atoms with E-state index in [-0.39, 0.29) is 0 Å². The lowest BCUT2D eigenvalue weighted by atomic mass is 10.1. The van der Waals surface area contributed by atoms with E-state index in [1.165, 1.54) is 38.5 Å². The molecule has 0 bridgehead atoms. The van der Waals surface area contributed by atoms with E-state index in [0.29, 0.717) is 5.78 Å². The van der Waals surface area contributed by atoms with E-state index in [2.05, 4.69) is 13.8 Å². The zero-order chi connectivity index (χ0) is 14.1. The summed E-state index contributed by atoms with van der Waals surface area (Å²) >= 11 is 0. The van der Waals surface area contributed by atoms with Gasteiger partial charge in [-0.2, -0.15) is 0 Å². The summed E-state index contributed by atoms with van der Waals surface area (Å²) in [6, 6.07) is 0. The molecule has 0 saturated heterocycles. The summed E-state index contributed by atoms with van der Waals surface area (Å²) in [6.45, 7) is 6.00. The van der Waals surface area contributed by atoms with Gasteiger partial charge < -0.3 is 4.79 Å². The van der Waals surface area contributed by atoms with Crippen LogP contribution in [0.25, 0.3) is 0 Å². The third-order valence-electron chi connectivity index (χ3n) is 2.57. The molecule has 0 aromatic rings. The lowest BCUT2D eigenvalue weighted by Crippen LogP contribution is -1.88. The van der Waals surface area contributed by atoms with E-state index in [0.717, 1.165) is 25.5 Å². The van der Waals surface area contributed by atoms with E-state index >= 15 is 0 Å². The van der Waals surface area contributed by atoms with E-state index in [1.807, 2.05) is 6.08 Å². The molecule has 106 valence electrons. The predicted octanol–water partition coefficient (Wildman–Crippen LogP) is 4.87. The molecule has 0 N–H and O–H groups in total. The Labute approximate surface area is 113 Å². The minimum absolute atomic E-state index is 0.325. The molecule has 0 unspecified atom stereocenters. The Morgan fingerprint density at radius 2 is 1.56 bits per heavy atom. The fourth-order valence-electron chi connectivity index (χ4n) is 1.46. The first kappa shape index (κ1) is 19.4. The van der Waals surface area contributed by atoms with Crippen molar-refractivity contribution in [3.8, 4) is 0 Å². The fourth-order valence-corrected chi connectivity index (χ4v) is 1.46. The zero-order valence-corrected chi connectivity index (χ0v) is 12.4. The number of allylic oxidation sites excluding steroid dienone is 2. The summed E-state index contributed by atoms with van der Waals surface area (Å²) in [4.78, 5) is 20.2. The van der Waals surface area contributed by atoms with E-state index in [4.69, 9.17) is 0 Å². The quantitative estimate of drug-likeness (QED) is 0.317. The number of ketones is 1. The second-order valence-electron chi connectivity index (χ2n) is 4.57. The second-order valence-corrected chi connectivity index (χ2v) is 4.57. The van der Waals surface area contributed by atoms with Gasteiger partial charge in [-0.3, -0.25) is 4.79 Å². The van der Waals surface area contributed by atoms with Gasteiger partial charge >= 0.3 is 0 Å². The fraction of sp³-hybridized carbons (Fsp3) is 0.750. The SMILES string of the molecule is CCCCCC=CC=O.CCCCCCC(C)=O. The number of aldehydes is 1. The van der Waals surface area contributed by atoms with E-state index < -0.39 is 0 Å². The van der Waals surface area contributed by atoms with Gasteiger partial charge in [-0.15, -0.1) is 0 Å². The van der Waals surface area contributed by atoms with Crippen LogP contribution in [0.15, 0.2) is 12.2 Å². The normalized spacial score (nSPS) is 9.94. The predicted molar refractivity (Wildman–Crippen MR) is 78.8 cm³/mol. The summed E-state index contributed by atoms with van der Waals surface area (Å²) in [6.07, 6.45) is 14.7. The number of carbonyl (C=O) groups excluding carboxylic acids is 2. The topological polar surface area (TPSA) is 34.1 Å². The molecule has 18 heavy (non-hydrogen) atoms. The number of rotatable bonds is 10. The number of carbonyl (C=O) groups is 2. The molecule has 0 fully saturated rings. The van der Waals surface area contributed by atoms with Crippen molar-refractivity contribution in [3.63, 3.8) is 0 Å². The molecule has 0 radical (unpaired) electrons. The van der Waals surface area contributed by atoms with Crippen molar-refractivity contribution in [1.29, 1.82) is 0 Å². The number of unbranched alkanes of at least 4 members (excludes halogenated alkanes) is 6. The summed E-state index contributed by atoms with van der Waals surface area (Å²) in [5, 5.41) is 0. The molecule has 2 nitrogen and oxygen atoms in total. The molecule has 0 amide bonds. The highest BCUT2D eigenvalue weighted by Gasteiger charge is 1.91. The Morgan fingerprint density at radius 3 is 2.06 bits per heavy atom. The zero-order valence-electron chi connectivity index (χ0n) is 12.4. The van der Waals surface area contributed by atoms with Crippen molar-refractivity contribution in [2.45, 2.75) is 78.6 Å². The Morgan fingerprint density at radius 1 is 0.944 bits per heavy atom. The molecule has 0 aliphatic rings. The van der Waals surface area contributed by atoms with Crippen molar-refractivity contribution in [2.75, 3.05) is 0 Å². The van der Waals surface area contributed by atoms with Crippen molar-refractivity contribution in [2.24, 2.45) is 0 Å². The minimum Gasteiger partial charge on any atom is -0.300 e. The van der Waals surface area contributed by atoms with Crippen molar-refractivity contribution >= 4 is 12.1 Å². The van der Waals surface area contributed by atoms with Gasteiger partial charge in [-0.05, 0) is 32.3 Å². The molecule has 2 heteroatoms. The number of Topliss-reactive ketones (excluding diaryl/α,β-unsaturated/α-hetero) is 1. The molecular formula is C16H30O2. The van der Waals surface area contributed by atoms with Crippen LogP contribution in [-0.4, -0.2) is 12.1 Å². The van der Waals surface area contributed by atoms with E-state index in [1.54, 1.807) is 13.0 Å². The molecule has 0 saturated carbocycles. The van der Waals surface area contributed by atoms with E-state index in [9.17, 15) is 9.59 Å². The van der Waals surface area contributed by atoms with Gasteiger partial charge in [0.1, 0.15) is 12.1 Å². The van der Waals surface area contributed by atoms with Gasteiger partial charge in [0.15, 0.2) is 0 Å². The average molecular weight is 254 g/mol. The lowest BCUT2D eigenvalue weighted by Gasteiger charge is -1.93. The molecule has 0 aromatic heterocycles. The molecular weight excluding hydrogens is 224 g/mol. The van der Waals surface area contributed by atoms with Crippen LogP contribution in [0.1, 0.15) is 78.6 Å². The Balaban J connectivity index is 0. The monoisotopic (exact) mass is 254 g/mol. The van der Waals surface area contributed by atoms with Crippen LogP contribution in [-0.2, 0) is 9.59 Å². The van der Waals surface area contributed by atoms with Gasteiger partial charge in [0, 0.05) is 6.42 Å². The summed E-state index contributed by atoms with van der Waals surface area (Å²) in [7, 11) is 0. The lowest BCUT2D eigenvalue weighted by molar-refractivity contribution is -0.117. The van der Waals surface area contributed by atoms with Crippen molar-refractivity contribution in [3.05, 3.63) is 12.2 Å². The Kier molecular flexibility index (Phi) is 19.9. The maximum Gasteiger partial charge on any atom is 0.142 e. The second kappa shape index (κ2) is 18.4. The summed E-state index contributed by atoms with van der Waals surface area (Å²) < 4.78 is 0. The smallest absolute Gasteiger partial charge is 0.142 e. The first-order chi connectivity index (χ1) is 8.68. The summed E-state index contributed by atoms with van der Waals surface area (Å²) in [5.41, 5.74) is 0.